The van der Waals surface area contributed by atoms with Gasteiger partial charge in [0.25, 0.3) is 5.69 Å². The Morgan fingerprint density at radius 1 is 1.08 bits per heavy atom. The molecule has 1 aromatic carbocycles. The van der Waals surface area contributed by atoms with Crippen LogP contribution in [0.15, 0.2) is 24.3 Å². The van der Waals surface area contributed by atoms with Crippen molar-refractivity contribution in [2.75, 3.05) is 5.32 Å². The van der Waals surface area contributed by atoms with E-state index in [4.69, 9.17) is 0 Å². The van der Waals surface area contributed by atoms with Crippen molar-refractivity contribution in [3.05, 3.63) is 34.4 Å². The second kappa shape index (κ2) is 7.18. The Kier molecular flexibility index (Phi) is 4.91. The molecule has 0 spiro atoms. The monoisotopic (exact) mass is 357 g/mol. The van der Waals surface area contributed by atoms with Gasteiger partial charge in [-0.05, 0) is 62.8 Å². The average Bonchev–Trinajstić information content (AvgIpc) is 3.19. The van der Waals surface area contributed by atoms with E-state index in [9.17, 15) is 10.1 Å². The summed E-state index contributed by atoms with van der Waals surface area (Å²) in [5, 5.41) is 14.8. The van der Waals surface area contributed by atoms with Gasteiger partial charge in [-0.25, -0.2) is 0 Å². The minimum atomic E-state index is -0.277. The van der Waals surface area contributed by atoms with Crippen molar-refractivity contribution >= 4 is 11.4 Å². The number of benzene rings is 1. The summed E-state index contributed by atoms with van der Waals surface area (Å²) in [4.78, 5) is 13.8. The molecule has 3 aliphatic rings. The summed E-state index contributed by atoms with van der Waals surface area (Å²) in [5.74, 6) is 1.70. The third-order valence-electron chi connectivity index (χ3n) is 7.14. The fraction of sp³-hybridized carbons (Fsp3) is 0.714. The number of nitrogens with zero attached hydrogens (tertiary/aromatic N) is 2. The van der Waals surface area contributed by atoms with E-state index in [0.717, 1.165) is 24.3 Å². The van der Waals surface area contributed by atoms with Crippen molar-refractivity contribution in [2.24, 2.45) is 11.8 Å². The Balaban J connectivity index is 1.44. The van der Waals surface area contributed by atoms with E-state index in [0.29, 0.717) is 23.8 Å². The van der Waals surface area contributed by atoms with Gasteiger partial charge in [0.1, 0.15) is 5.69 Å². The molecule has 3 fully saturated rings. The number of anilines is 1. The van der Waals surface area contributed by atoms with Crippen LogP contribution in [0.1, 0.15) is 58.8 Å². The molecular weight excluding hydrogens is 326 g/mol. The number of rotatable bonds is 5. The van der Waals surface area contributed by atoms with Crippen LogP contribution in [-0.4, -0.2) is 34.0 Å². The van der Waals surface area contributed by atoms with Crippen LogP contribution in [-0.2, 0) is 0 Å². The Bertz CT molecular complexity index is 654. The molecule has 1 aliphatic carbocycles. The van der Waals surface area contributed by atoms with E-state index in [-0.39, 0.29) is 10.6 Å². The minimum absolute atomic E-state index is 0.194. The number of nitrogens with one attached hydrogen (secondary N) is 1. The van der Waals surface area contributed by atoms with E-state index >= 15 is 0 Å². The van der Waals surface area contributed by atoms with Gasteiger partial charge in [-0.15, -0.1) is 0 Å². The first-order valence-corrected chi connectivity index (χ1v) is 10.3. The lowest BCUT2D eigenvalue weighted by molar-refractivity contribution is -0.384. The van der Waals surface area contributed by atoms with E-state index in [1.54, 1.807) is 12.1 Å². The highest BCUT2D eigenvalue weighted by atomic mass is 16.6. The van der Waals surface area contributed by atoms with Crippen molar-refractivity contribution in [3.63, 3.8) is 0 Å². The highest BCUT2D eigenvalue weighted by Gasteiger charge is 2.49. The second-order valence-electron chi connectivity index (χ2n) is 8.82. The highest BCUT2D eigenvalue weighted by Crippen LogP contribution is 2.45. The van der Waals surface area contributed by atoms with Crippen molar-refractivity contribution < 1.29 is 4.92 Å². The van der Waals surface area contributed by atoms with Crippen LogP contribution in [0.3, 0.4) is 0 Å². The third-order valence-corrected chi connectivity index (χ3v) is 7.14. The zero-order chi connectivity index (χ0) is 18.3. The average molecular weight is 357 g/mol. The predicted molar refractivity (Wildman–Crippen MR) is 104 cm³/mol. The standard InChI is InChI=1S/C21H31N3O2/c1-14(2)15-7-9-16(10-8-15)23-17-11-12-20(23)19(13-17)22-18-5-3-4-6-21(18)24(25)26/h3-6,14-17,19-20,22H,7-13H2,1-2H3/t15-,16-,17-,19+,20+/m0/s1. The quantitative estimate of drug-likeness (QED) is 0.606. The van der Waals surface area contributed by atoms with Gasteiger partial charge < -0.3 is 5.32 Å². The molecular formula is C21H31N3O2. The molecule has 3 atom stereocenters. The molecule has 0 unspecified atom stereocenters. The number of para-hydroxylation sites is 2. The maximum Gasteiger partial charge on any atom is 0.292 e. The number of hydrogen-bond donors (Lipinski definition) is 1. The van der Waals surface area contributed by atoms with Crippen LogP contribution in [0.25, 0.3) is 0 Å². The van der Waals surface area contributed by atoms with Crippen LogP contribution < -0.4 is 5.32 Å². The molecule has 1 saturated carbocycles. The van der Waals surface area contributed by atoms with Crippen LogP contribution >= 0.6 is 0 Å². The van der Waals surface area contributed by atoms with Crippen molar-refractivity contribution in [3.8, 4) is 0 Å². The lowest BCUT2D eigenvalue weighted by Crippen LogP contribution is -2.44. The first-order valence-electron chi connectivity index (χ1n) is 10.3. The van der Waals surface area contributed by atoms with Crippen molar-refractivity contribution in [1.29, 1.82) is 0 Å². The Labute approximate surface area is 156 Å². The fourth-order valence-corrected chi connectivity index (χ4v) is 5.78. The molecule has 5 nitrogen and oxygen atoms in total. The number of hydrogen-bond acceptors (Lipinski definition) is 4. The summed E-state index contributed by atoms with van der Waals surface area (Å²) in [7, 11) is 0. The first kappa shape index (κ1) is 17.8. The molecule has 1 N–H and O–H groups in total. The Morgan fingerprint density at radius 2 is 1.77 bits per heavy atom. The summed E-state index contributed by atoms with van der Waals surface area (Å²) in [6.45, 7) is 4.72. The van der Waals surface area contributed by atoms with Gasteiger partial charge in [0, 0.05) is 30.2 Å². The molecule has 26 heavy (non-hydrogen) atoms. The summed E-state index contributed by atoms with van der Waals surface area (Å²) in [6.07, 6.45) is 9.03. The molecule has 142 valence electrons. The highest BCUT2D eigenvalue weighted by molar-refractivity contribution is 5.62. The van der Waals surface area contributed by atoms with Gasteiger partial charge in [0.05, 0.1) is 4.92 Å². The topological polar surface area (TPSA) is 58.4 Å². The molecule has 0 amide bonds. The smallest absolute Gasteiger partial charge is 0.292 e. The van der Waals surface area contributed by atoms with Gasteiger partial charge in [-0.1, -0.05) is 26.0 Å². The summed E-state index contributed by atoms with van der Waals surface area (Å²) in [5.41, 5.74) is 0.873. The maximum absolute atomic E-state index is 11.3. The zero-order valence-corrected chi connectivity index (χ0v) is 15.9. The van der Waals surface area contributed by atoms with Gasteiger partial charge >= 0.3 is 0 Å². The lowest BCUT2D eigenvalue weighted by atomic mass is 9.79. The molecule has 4 rings (SSSR count). The Morgan fingerprint density at radius 3 is 2.46 bits per heavy atom. The van der Waals surface area contributed by atoms with Gasteiger partial charge in [-0.3, -0.25) is 15.0 Å². The maximum atomic E-state index is 11.3. The fourth-order valence-electron chi connectivity index (χ4n) is 5.78. The predicted octanol–water partition coefficient (Wildman–Crippen LogP) is 4.83. The molecule has 0 aromatic heterocycles. The largest absolute Gasteiger partial charge is 0.375 e. The molecule has 1 aromatic rings. The summed E-state index contributed by atoms with van der Waals surface area (Å²) in [6, 6.07) is 9.35. The van der Waals surface area contributed by atoms with Gasteiger partial charge in [0.15, 0.2) is 0 Å². The first-order chi connectivity index (χ1) is 12.5. The third kappa shape index (κ3) is 3.22. The second-order valence-corrected chi connectivity index (χ2v) is 8.82. The molecule has 5 heteroatoms. The number of fused-ring (bicyclic) bond motifs is 2. The van der Waals surface area contributed by atoms with Crippen molar-refractivity contribution in [1.82, 2.24) is 4.90 Å². The van der Waals surface area contributed by atoms with Gasteiger partial charge in [0.2, 0.25) is 0 Å². The molecule has 2 saturated heterocycles. The zero-order valence-electron chi connectivity index (χ0n) is 15.9. The van der Waals surface area contributed by atoms with E-state index < -0.39 is 0 Å². The molecule has 2 bridgehead atoms. The number of nitro groups is 1. The van der Waals surface area contributed by atoms with Crippen LogP contribution in [0, 0.1) is 22.0 Å². The summed E-state index contributed by atoms with van der Waals surface area (Å²) < 4.78 is 0. The van der Waals surface area contributed by atoms with Crippen LogP contribution in [0.5, 0.6) is 0 Å². The summed E-state index contributed by atoms with van der Waals surface area (Å²) >= 11 is 0. The SMILES string of the molecule is CC(C)[C@H]1CC[C@H](N2[C@H]3CC[C@@H]2[C@H](Nc2ccccc2[N+](=O)[O-])C3)CC1. The van der Waals surface area contributed by atoms with E-state index in [1.165, 1.54) is 38.5 Å². The minimum Gasteiger partial charge on any atom is -0.375 e. The normalized spacial score (nSPS) is 34.3. The molecule has 0 radical (unpaired) electrons. The molecule has 2 aliphatic heterocycles. The Hall–Kier alpha value is -1.62. The van der Waals surface area contributed by atoms with Crippen LogP contribution in [0.2, 0.25) is 0 Å². The van der Waals surface area contributed by atoms with E-state index in [1.807, 2.05) is 12.1 Å². The molecule has 2 heterocycles. The number of nitro benzene ring substituents is 1. The van der Waals surface area contributed by atoms with Crippen molar-refractivity contribution in [2.45, 2.75) is 83.0 Å². The van der Waals surface area contributed by atoms with E-state index in [2.05, 4.69) is 24.1 Å². The van der Waals surface area contributed by atoms with Gasteiger partial charge in [-0.2, -0.15) is 0 Å². The lowest BCUT2D eigenvalue weighted by Gasteiger charge is -2.39. The van der Waals surface area contributed by atoms with Crippen LogP contribution in [0.4, 0.5) is 11.4 Å².